The maximum atomic E-state index is 13.9. The number of piperidine rings is 1. The number of para-hydroxylation sites is 1. The topological polar surface area (TPSA) is 96.1 Å². The van der Waals surface area contributed by atoms with Gasteiger partial charge in [0.2, 0.25) is 0 Å². The molecule has 1 saturated heterocycles. The Morgan fingerprint density at radius 2 is 1.90 bits per heavy atom. The summed E-state index contributed by atoms with van der Waals surface area (Å²) in [4.78, 5) is 21.1. The monoisotopic (exact) mass is 563 g/mol. The van der Waals surface area contributed by atoms with E-state index in [2.05, 4.69) is 50.6 Å². The number of aromatic nitrogens is 5. The van der Waals surface area contributed by atoms with Crippen LogP contribution in [0, 0.1) is 18.8 Å². The number of imidazole rings is 1. The van der Waals surface area contributed by atoms with Gasteiger partial charge in [-0.15, -0.1) is 0 Å². The molecular formula is C33H37N7O2. The molecule has 3 fully saturated rings. The van der Waals surface area contributed by atoms with Gasteiger partial charge in [0, 0.05) is 48.7 Å². The average molecular weight is 564 g/mol. The molecule has 9 nitrogen and oxygen atoms in total. The van der Waals surface area contributed by atoms with E-state index in [0.29, 0.717) is 29.7 Å². The highest BCUT2D eigenvalue weighted by Gasteiger charge is 2.47. The molecule has 42 heavy (non-hydrogen) atoms. The molecule has 2 saturated carbocycles. The van der Waals surface area contributed by atoms with Crippen LogP contribution in [0.15, 0.2) is 48.5 Å². The predicted octanol–water partition coefficient (Wildman–Crippen LogP) is 4.73. The Labute approximate surface area is 244 Å². The molecule has 8 rings (SSSR count). The highest BCUT2D eigenvalue weighted by molar-refractivity contribution is 6.00. The van der Waals surface area contributed by atoms with E-state index in [9.17, 15) is 4.79 Å². The van der Waals surface area contributed by atoms with Crippen molar-refractivity contribution in [3.8, 4) is 17.3 Å². The number of aryl methyl sites for hydroxylation is 2. The van der Waals surface area contributed by atoms with Crippen LogP contribution in [0.3, 0.4) is 0 Å². The van der Waals surface area contributed by atoms with E-state index in [-0.39, 0.29) is 18.0 Å². The van der Waals surface area contributed by atoms with Crippen LogP contribution >= 0.6 is 0 Å². The number of fused-ring (bicyclic) bond motifs is 4. The van der Waals surface area contributed by atoms with Crippen LogP contribution in [0.4, 0.5) is 0 Å². The lowest BCUT2D eigenvalue weighted by atomic mass is 10.1. The first-order valence-electron chi connectivity index (χ1n) is 15.1. The first-order valence-corrected chi connectivity index (χ1v) is 15.1. The summed E-state index contributed by atoms with van der Waals surface area (Å²) in [5.74, 6) is 2.61. The molecule has 3 atom stereocenters. The number of hydrogen-bond acceptors (Lipinski definition) is 5. The van der Waals surface area contributed by atoms with E-state index in [1.54, 1.807) is 7.11 Å². The normalized spacial score (nSPS) is 21.7. The molecule has 2 unspecified atom stereocenters. The summed E-state index contributed by atoms with van der Waals surface area (Å²) in [5, 5.41) is 5.81. The Morgan fingerprint density at radius 1 is 1.07 bits per heavy atom. The number of carbonyl (C=O) groups is 1. The third-order valence-corrected chi connectivity index (χ3v) is 9.78. The smallest absolute Gasteiger partial charge is 0.254 e. The lowest BCUT2D eigenvalue weighted by Gasteiger charge is -2.27. The Bertz CT molecular complexity index is 1860. The third-order valence-electron chi connectivity index (χ3n) is 9.78. The van der Waals surface area contributed by atoms with E-state index in [1.165, 1.54) is 23.7 Å². The van der Waals surface area contributed by atoms with Gasteiger partial charge in [0.25, 0.3) is 5.91 Å². The number of amides is 1. The van der Waals surface area contributed by atoms with Crippen LogP contribution < -0.4 is 10.5 Å². The van der Waals surface area contributed by atoms with Crippen molar-refractivity contribution >= 4 is 27.8 Å². The average Bonchev–Trinajstić information content (AvgIpc) is 3.19. The third kappa shape index (κ3) is 3.97. The van der Waals surface area contributed by atoms with Crippen LogP contribution in [0.5, 0.6) is 5.75 Å². The summed E-state index contributed by atoms with van der Waals surface area (Å²) in [6.45, 7) is 4.28. The number of likely N-dealkylation sites (tertiary alicyclic amines) is 1. The maximum absolute atomic E-state index is 13.9. The van der Waals surface area contributed by atoms with E-state index < -0.39 is 0 Å². The van der Waals surface area contributed by atoms with Gasteiger partial charge in [-0.05, 0) is 74.8 Å². The number of hydrogen-bond donors (Lipinski definition) is 1. The van der Waals surface area contributed by atoms with Gasteiger partial charge in [0.1, 0.15) is 11.3 Å². The number of methoxy groups -OCH3 is 1. The van der Waals surface area contributed by atoms with E-state index in [4.69, 9.17) is 15.5 Å². The fraction of sp³-hybridized carbons (Fsp3) is 0.424. The first kappa shape index (κ1) is 25.6. The first-order chi connectivity index (χ1) is 20.4. The number of nitrogens with zero attached hydrogens (tertiary/aromatic N) is 6. The van der Waals surface area contributed by atoms with Crippen molar-refractivity contribution < 1.29 is 9.53 Å². The molecule has 2 aliphatic carbocycles. The zero-order chi connectivity index (χ0) is 28.7. The minimum Gasteiger partial charge on any atom is -0.494 e. The molecule has 3 aromatic heterocycles. The molecule has 3 aliphatic rings. The maximum Gasteiger partial charge on any atom is 0.254 e. The Kier molecular flexibility index (Phi) is 5.76. The van der Waals surface area contributed by atoms with Gasteiger partial charge in [0.15, 0.2) is 5.82 Å². The lowest BCUT2D eigenvalue weighted by Crippen LogP contribution is -2.41. The standard InChI is InChI=1S/C33H37N7O2/c1-19-12-24(37(2)36-19)18-40-31-25(13-23(15-29(31)42-3)33(41)39-17-22-10-11-27(39)30(22)34)35-32(40)28-14-21-6-4-5-7-26(21)38(28)16-20-8-9-20/h4-7,12-15,20,22,27,30H,8-11,16-18,34H2,1-3H3/t22?,27?,30-/m1/s1. The molecule has 9 heteroatoms. The molecule has 2 bridgehead atoms. The quantitative estimate of drug-likeness (QED) is 0.309. The van der Waals surface area contributed by atoms with Gasteiger partial charge < -0.3 is 24.5 Å². The van der Waals surface area contributed by atoms with Crippen molar-refractivity contribution in [2.45, 2.75) is 57.8 Å². The highest BCUT2D eigenvalue weighted by atomic mass is 16.5. The molecule has 2 aromatic carbocycles. The summed E-state index contributed by atoms with van der Waals surface area (Å²) < 4.78 is 12.6. The van der Waals surface area contributed by atoms with Crippen molar-refractivity contribution in [1.29, 1.82) is 0 Å². The SMILES string of the molecule is COc1cc(C(=O)N2CC3CCC2[C@@H]3N)cc2nc(-c3cc4ccccc4n3CC3CC3)n(Cc3cc(C)nn3C)c12. The van der Waals surface area contributed by atoms with E-state index >= 15 is 0 Å². The fourth-order valence-electron chi connectivity index (χ4n) is 7.43. The Morgan fingerprint density at radius 3 is 2.60 bits per heavy atom. The van der Waals surface area contributed by atoms with Gasteiger partial charge in [-0.25, -0.2) is 4.98 Å². The number of carbonyl (C=O) groups excluding carboxylic acids is 1. The van der Waals surface area contributed by atoms with Crippen LogP contribution in [-0.2, 0) is 20.1 Å². The highest BCUT2D eigenvalue weighted by Crippen LogP contribution is 2.40. The Hall–Kier alpha value is -4.11. The van der Waals surface area contributed by atoms with Gasteiger partial charge in [-0.1, -0.05) is 18.2 Å². The molecule has 1 aliphatic heterocycles. The largest absolute Gasteiger partial charge is 0.494 e. The van der Waals surface area contributed by atoms with Crippen LogP contribution in [0.25, 0.3) is 33.5 Å². The second-order valence-electron chi connectivity index (χ2n) is 12.6. The van der Waals surface area contributed by atoms with E-state index in [1.807, 2.05) is 35.7 Å². The van der Waals surface area contributed by atoms with Crippen molar-refractivity contribution in [3.63, 3.8) is 0 Å². The van der Waals surface area contributed by atoms with Gasteiger partial charge >= 0.3 is 0 Å². The molecule has 5 aromatic rings. The minimum absolute atomic E-state index is 0.0130. The van der Waals surface area contributed by atoms with Crippen LogP contribution in [-0.4, -0.2) is 60.4 Å². The molecule has 1 amide bonds. The van der Waals surface area contributed by atoms with Crippen molar-refractivity contribution in [2.24, 2.45) is 24.6 Å². The van der Waals surface area contributed by atoms with Crippen LogP contribution in [0.2, 0.25) is 0 Å². The summed E-state index contributed by atoms with van der Waals surface area (Å²) in [6.07, 6.45) is 4.61. The molecular weight excluding hydrogens is 526 g/mol. The molecule has 4 heterocycles. The summed E-state index contributed by atoms with van der Waals surface area (Å²) in [7, 11) is 3.65. The van der Waals surface area contributed by atoms with Crippen molar-refractivity contribution in [3.05, 3.63) is 65.5 Å². The number of ether oxygens (including phenoxy) is 1. The van der Waals surface area contributed by atoms with Gasteiger partial charge in [0.05, 0.1) is 36.3 Å². The fourth-order valence-corrected chi connectivity index (χ4v) is 7.43. The lowest BCUT2D eigenvalue weighted by molar-refractivity contribution is 0.0700. The van der Waals surface area contributed by atoms with Crippen molar-refractivity contribution in [2.75, 3.05) is 13.7 Å². The zero-order valence-electron chi connectivity index (χ0n) is 24.5. The number of benzene rings is 2. The Balaban J connectivity index is 1.32. The van der Waals surface area contributed by atoms with Gasteiger partial charge in [-0.2, -0.15) is 5.10 Å². The number of nitrogens with two attached hydrogens (primary N) is 1. The molecule has 216 valence electrons. The van der Waals surface area contributed by atoms with Gasteiger partial charge in [-0.3, -0.25) is 9.48 Å². The summed E-state index contributed by atoms with van der Waals surface area (Å²) >= 11 is 0. The molecule has 0 radical (unpaired) electrons. The van der Waals surface area contributed by atoms with Crippen molar-refractivity contribution in [1.82, 2.24) is 28.8 Å². The summed E-state index contributed by atoms with van der Waals surface area (Å²) in [5.41, 5.74) is 13.0. The second-order valence-corrected chi connectivity index (χ2v) is 12.6. The molecule has 0 spiro atoms. The predicted molar refractivity (Wildman–Crippen MR) is 163 cm³/mol. The molecule has 2 N–H and O–H groups in total. The van der Waals surface area contributed by atoms with E-state index in [0.717, 1.165) is 59.9 Å². The number of rotatable bonds is 7. The zero-order valence-corrected chi connectivity index (χ0v) is 24.5. The summed E-state index contributed by atoms with van der Waals surface area (Å²) in [6, 6.07) is 17.0. The second kappa shape index (κ2) is 9.46. The minimum atomic E-state index is 0.0130. The van der Waals surface area contributed by atoms with Crippen LogP contribution in [0.1, 0.15) is 47.4 Å².